The summed E-state index contributed by atoms with van der Waals surface area (Å²) in [6.45, 7) is 4.32. The number of carbonyl (C=O) groups is 2. The highest BCUT2D eigenvalue weighted by Crippen LogP contribution is 2.28. The second-order valence-corrected chi connectivity index (χ2v) is 19.3. The van der Waals surface area contributed by atoms with Gasteiger partial charge in [0, 0.05) is 85.7 Å². The smallest absolute Gasteiger partial charge is 0.264 e. The van der Waals surface area contributed by atoms with E-state index in [1.807, 2.05) is 110 Å². The number of para-hydroxylation sites is 2. The van der Waals surface area contributed by atoms with Crippen LogP contribution < -0.4 is 33.2 Å². The number of anilines is 2. The molecule has 8 aromatic heterocycles. The minimum Gasteiger partial charge on any atom is -0.381 e. The van der Waals surface area contributed by atoms with E-state index < -0.39 is 23.9 Å². The molecule has 433 valence electrons. The number of benzene rings is 4. The molecule has 21 nitrogen and oxygen atoms in total. The molecule has 9 heterocycles. The lowest BCUT2D eigenvalue weighted by molar-refractivity contribution is 0.0932. The molecule has 1 aliphatic heterocycles. The van der Waals surface area contributed by atoms with E-state index >= 15 is 0 Å². The molecule has 13 rings (SSSR count). The number of aromatic nitrogens is 12. The fraction of sp³-hybridized carbons (Fsp3) is 0.0923. The molecule has 0 saturated carbocycles. The van der Waals surface area contributed by atoms with Crippen molar-refractivity contribution < 1.29 is 9.59 Å². The van der Waals surface area contributed by atoms with Crippen molar-refractivity contribution in [3.05, 3.63) is 247 Å². The first-order valence-electron chi connectivity index (χ1n) is 26.4. The monoisotopic (exact) mass is 1180 g/mol. The van der Waals surface area contributed by atoms with Crippen LogP contribution in [0.4, 0.5) is 11.6 Å². The Morgan fingerprint density at radius 1 is 0.625 bits per heavy atom. The number of nitrogens with zero attached hydrogens (tertiary/aromatic N) is 11. The Bertz CT molecular complexity index is 4840. The fourth-order valence-electron chi connectivity index (χ4n) is 9.32. The van der Waals surface area contributed by atoms with Gasteiger partial charge in [0.2, 0.25) is 0 Å². The van der Waals surface area contributed by atoms with Crippen LogP contribution in [-0.2, 0) is 0 Å². The Balaban J connectivity index is 0.000000184. The molecule has 12 aromatic rings. The van der Waals surface area contributed by atoms with Gasteiger partial charge in [-0.25, -0.2) is 19.0 Å². The number of aromatic amines is 2. The first-order chi connectivity index (χ1) is 41.8. The molecule has 0 unspecified atom stereocenters. The van der Waals surface area contributed by atoms with Crippen molar-refractivity contribution in [3.8, 4) is 47.9 Å². The molecule has 23 heteroatoms. The van der Waals surface area contributed by atoms with Gasteiger partial charge in [0.15, 0.2) is 22.9 Å². The Kier molecular flexibility index (Phi) is 19.7. The number of nitrogen functional groups attached to an aromatic ring is 2. The van der Waals surface area contributed by atoms with Crippen molar-refractivity contribution in [2.45, 2.75) is 33.4 Å². The number of amides is 2. The van der Waals surface area contributed by atoms with Crippen LogP contribution in [0.25, 0.3) is 44.2 Å². The van der Waals surface area contributed by atoms with Crippen molar-refractivity contribution in [1.29, 1.82) is 0 Å². The van der Waals surface area contributed by atoms with Crippen LogP contribution in [-0.4, -0.2) is 91.7 Å². The van der Waals surface area contributed by atoms with Crippen molar-refractivity contribution in [3.63, 3.8) is 0 Å². The van der Waals surface area contributed by atoms with Gasteiger partial charge in [-0.15, -0.1) is 23.0 Å². The fourth-order valence-corrected chi connectivity index (χ4v) is 9.58. The zero-order chi connectivity index (χ0) is 60.3. The lowest BCUT2D eigenvalue weighted by atomic mass is 10.0. The first kappa shape index (κ1) is 62.0. The molecule has 0 fully saturated rings. The number of halogens is 1. The van der Waals surface area contributed by atoms with E-state index in [1.54, 1.807) is 95.9 Å². The second-order valence-electron chi connectivity index (χ2n) is 18.9. The van der Waals surface area contributed by atoms with Gasteiger partial charge in [0.1, 0.15) is 22.5 Å². The molecule has 4 aromatic carbocycles. The van der Waals surface area contributed by atoms with Crippen molar-refractivity contribution >= 4 is 82.5 Å². The molecule has 3 radical (unpaired) electrons. The minimum atomic E-state index is -0.576. The van der Waals surface area contributed by atoms with E-state index in [0.717, 1.165) is 11.3 Å². The van der Waals surface area contributed by atoms with Crippen LogP contribution in [0, 0.1) is 36.5 Å². The van der Waals surface area contributed by atoms with Crippen molar-refractivity contribution in [2.24, 2.45) is 4.99 Å². The number of carbonyl (C=O) groups excluding carboxylic acids is 2. The van der Waals surface area contributed by atoms with E-state index in [9.17, 15) is 19.2 Å². The molecule has 0 saturated heterocycles. The predicted octanol–water partition coefficient (Wildman–Crippen LogP) is 8.27. The number of hydrogen-bond acceptors (Lipinski definition) is 13. The first-order valence-corrected chi connectivity index (χ1v) is 26.8. The summed E-state index contributed by atoms with van der Waals surface area (Å²) in [6.07, 6.45) is 23.3. The van der Waals surface area contributed by atoms with Crippen LogP contribution in [0.1, 0.15) is 82.4 Å². The van der Waals surface area contributed by atoms with Crippen LogP contribution in [0.2, 0.25) is 5.02 Å². The largest absolute Gasteiger partial charge is 0.381 e. The number of pyridine rings is 2. The maximum atomic E-state index is 14.1. The molecule has 1 aliphatic rings. The van der Waals surface area contributed by atoms with E-state index in [0.29, 0.717) is 78.4 Å². The molecule has 2 amide bonds. The number of rotatable bonds is 8. The highest BCUT2D eigenvalue weighted by Gasteiger charge is 2.26. The summed E-state index contributed by atoms with van der Waals surface area (Å²) in [7, 11) is 0. The number of nitrogens with two attached hydrogens (primary N) is 2. The Labute approximate surface area is 510 Å². The Morgan fingerprint density at radius 3 is 1.58 bits per heavy atom. The molecule has 0 spiro atoms. The number of fused-ring (bicyclic) bond motifs is 4. The van der Waals surface area contributed by atoms with Crippen molar-refractivity contribution in [2.75, 3.05) is 18.0 Å². The summed E-state index contributed by atoms with van der Waals surface area (Å²) in [5, 5.41) is 29.9. The molecular weight excluding hydrogens is 1130 g/mol. The van der Waals surface area contributed by atoms with E-state index in [1.165, 1.54) is 9.03 Å². The number of H-pyrrole nitrogens is 2. The molecule has 88 heavy (non-hydrogen) atoms. The van der Waals surface area contributed by atoms with Gasteiger partial charge >= 0.3 is 0 Å². The SMILES string of the molecule is C.C#CC1=CC=NC1.C#Cc1ccn[nH]1.C[C@H](NC(=O)c1c(N)nn2cccnc12)c1cc2cccc(C#Cc3ccn[nH]3)c2c(=O)n1-c1ccccc1.C[C@H](NC(=O)c1c(N)nn2cccnc12)c1cc2cccc(Cl)c2c(=O)n1-c1ccccc1.[B]. The molecule has 0 aliphatic carbocycles. The molecule has 0 bridgehead atoms. The second kappa shape index (κ2) is 28.0. The highest BCUT2D eigenvalue weighted by atomic mass is 35.5. The van der Waals surface area contributed by atoms with E-state index in [-0.39, 0.29) is 49.7 Å². The summed E-state index contributed by atoms with van der Waals surface area (Å²) < 4.78 is 6.08. The van der Waals surface area contributed by atoms with E-state index in [4.69, 9.17) is 35.9 Å². The van der Waals surface area contributed by atoms with Crippen molar-refractivity contribution in [1.82, 2.24) is 69.4 Å². The molecule has 2 atom stereocenters. The maximum Gasteiger partial charge on any atom is 0.264 e. The van der Waals surface area contributed by atoms with Gasteiger partial charge in [-0.3, -0.25) is 43.5 Å². The summed E-state index contributed by atoms with van der Waals surface area (Å²) >= 11 is 6.37. The third-order valence-corrected chi connectivity index (χ3v) is 13.6. The summed E-state index contributed by atoms with van der Waals surface area (Å²) in [6, 6.07) is 38.8. The number of terminal acetylenes is 2. The summed E-state index contributed by atoms with van der Waals surface area (Å²) in [5.74, 6) is 10.3. The minimum absolute atomic E-state index is 0. The van der Waals surface area contributed by atoms with Crippen LogP contribution in [0.15, 0.2) is 197 Å². The van der Waals surface area contributed by atoms with Gasteiger partial charge < -0.3 is 22.1 Å². The zero-order valence-corrected chi connectivity index (χ0v) is 47.3. The number of allylic oxidation sites excluding steroid dienone is 1. The molecule has 8 N–H and O–H groups in total. The van der Waals surface area contributed by atoms with Gasteiger partial charge in [0.25, 0.3) is 22.9 Å². The average Bonchev–Trinajstić information content (AvgIpc) is 2.29. The topological polar surface area (TPSA) is 284 Å². The molecular formula is C65H54BClN17O4. The summed E-state index contributed by atoms with van der Waals surface area (Å²) in [5.41, 5.74) is 18.0. The van der Waals surface area contributed by atoms with Gasteiger partial charge in [-0.1, -0.05) is 97.5 Å². The number of nitrogens with one attached hydrogen (secondary N) is 4. The van der Waals surface area contributed by atoms with E-state index in [2.05, 4.69) is 79.9 Å². The highest BCUT2D eigenvalue weighted by molar-refractivity contribution is 6.35. The average molecular weight is 1180 g/mol. The number of aliphatic imine (C=N–C) groups is 1. The van der Waals surface area contributed by atoms with Crippen LogP contribution >= 0.6 is 11.6 Å². The van der Waals surface area contributed by atoms with Gasteiger partial charge in [-0.2, -0.15) is 10.2 Å². The zero-order valence-electron chi connectivity index (χ0n) is 46.5. The Hall–Kier alpha value is -12.1. The standard InChI is InChI=1S/C29H22N8O2.C24H19ClN6O2.C6H5N.C5H4N2.CH4.B/c1-18(33-28(38)25-26(30)35-36-16-6-14-31-27(25)36)23-17-20-8-5-7-19(11-12-21-13-15-32-34-21)24(20)29(39)37(23)22-9-3-2-4-10-22;1-14(28-23(32)20-21(26)29-30-12-6-11-27-22(20)30)18-13-15-7-5-10-17(25)19(15)24(33)31(18)16-8-3-2-4-9-16;1-2-6-3-4-7-5-6;1-2-5-3-4-6-7-5;;/h2-10,13-18H,1H3,(H2,30,35)(H,32,34)(H,33,38);2-14H,1H3,(H2,26,29)(H,28,32);1,3-4H,5H2;1,3-4H,(H,6,7);1H4;/t18-;14-;;;;/m00..../s1. The van der Waals surface area contributed by atoms with Gasteiger partial charge in [-0.05, 0) is 109 Å². The van der Waals surface area contributed by atoms with Gasteiger partial charge in [0.05, 0.1) is 34.4 Å². The quantitative estimate of drug-likeness (QED) is 0.0619. The third kappa shape index (κ3) is 13.3. The lowest BCUT2D eigenvalue weighted by Crippen LogP contribution is -2.32. The third-order valence-electron chi connectivity index (χ3n) is 13.3. The maximum absolute atomic E-state index is 14.1. The predicted molar refractivity (Wildman–Crippen MR) is 345 cm³/mol. The van der Waals surface area contributed by atoms with Crippen LogP contribution in [0.5, 0.6) is 0 Å². The lowest BCUT2D eigenvalue weighted by Gasteiger charge is -2.21. The normalized spacial score (nSPS) is 11.7. The Morgan fingerprint density at radius 2 is 1.12 bits per heavy atom. The number of hydrogen-bond donors (Lipinski definition) is 6. The summed E-state index contributed by atoms with van der Waals surface area (Å²) in [4.78, 5) is 66.5. The van der Waals surface area contributed by atoms with Crippen LogP contribution in [0.3, 0.4) is 0 Å².